The summed E-state index contributed by atoms with van der Waals surface area (Å²) in [7, 11) is 0. The number of hydrogen-bond donors (Lipinski definition) is 3. The molecule has 0 aliphatic heterocycles. The minimum atomic E-state index is -0.863. The van der Waals surface area contributed by atoms with Crippen molar-refractivity contribution in [1.82, 2.24) is 16.0 Å². The first-order chi connectivity index (χ1) is 17.4. The van der Waals surface area contributed by atoms with Crippen molar-refractivity contribution in [2.24, 2.45) is 17.8 Å². The van der Waals surface area contributed by atoms with Gasteiger partial charge in [-0.3, -0.25) is 14.4 Å². The van der Waals surface area contributed by atoms with Gasteiger partial charge in [0, 0.05) is 6.92 Å². The average Bonchev–Trinajstić information content (AvgIpc) is 2.80. The summed E-state index contributed by atoms with van der Waals surface area (Å²) in [6, 6.07) is 7.21. The molecule has 37 heavy (non-hydrogen) atoms. The number of ether oxygens (including phenoxy) is 2. The maximum atomic E-state index is 13.2. The summed E-state index contributed by atoms with van der Waals surface area (Å²) in [5, 5.41) is 8.41. The third-order valence-electron chi connectivity index (χ3n) is 5.46. The molecule has 9 heteroatoms. The zero-order valence-electron chi connectivity index (χ0n) is 23.3. The molecule has 1 aromatic rings. The van der Waals surface area contributed by atoms with Gasteiger partial charge in [0.1, 0.15) is 25.3 Å². The number of carbonyl (C=O) groups excluding carboxylic acids is 4. The smallest absolute Gasteiger partial charge is 0.408 e. The third-order valence-corrected chi connectivity index (χ3v) is 5.46. The van der Waals surface area contributed by atoms with E-state index in [0.717, 1.165) is 5.56 Å². The van der Waals surface area contributed by atoms with Crippen LogP contribution in [0.1, 0.15) is 73.3 Å². The highest BCUT2D eigenvalue weighted by molar-refractivity contribution is 5.91. The maximum absolute atomic E-state index is 13.2. The van der Waals surface area contributed by atoms with Crippen LogP contribution in [0.3, 0.4) is 0 Å². The predicted molar refractivity (Wildman–Crippen MR) is 142 cm³/mol. The lowest BCUT2D eigenvalue weighted by Gasteiger charge is -2.27. The van der Waals surface area contributed by atoms with Gasteiger partial charge in [0.15, 0.2) is 0 Å². The number of alkyl carbamates (subject to hydrolysis) is 1. The van der Waals surface area contributed by atoms with E-state index in [0.29, 0.717) is 19.3 Å². The third kappa shape index (κ3) is 14.3. The first-order valence-electron chi connectivity index (χ1n) is 13.1. The van der Waals surface area contributed by atoms with E-state index < -0.39 is 30.1 Å². The number of nitrogens with one attached hydrogen (secondary N) is 3. The lowest BCUT2D eigenvalue weighted by molar-refractivity contribution is -0.142. The molecule has 1 rings (SSSR count). The first kappa shape index (κ1) is 31.9. The monoisotopic (exact) mass is 519 g/mol. The Morgan fingerprint density at radius 2 is 1.22 bits per heavy atom. The van der Waals surface area contributed by atoms with Gasteiger partial charge >= 0.3 is 12.1 Å². The summed E-state index contributed by atoms with van der Waals surface area (Å²) >= 11 is 0. The lowest BCUT2D eigenvalue weighted by Crippen LogP contribution is -2.56. The van der Waals surface area contributed by atoms with Crippen molar-refractivity contribution in [3.05, 3.63) is 35.9 Å². The molecule has 0 heterocycles. The van der Waals surface area contributed by atoms with Gasteiger partial charge < -0.3 is 25.4 Å². The summed E-state index contributed by atoms with van der Waals surface area (Å²) in [6.07, 6.45) is 0.705. The van der Waals surface area contributed by atoms with Crippen molar-refractivity contribution in [3.63, 3.8) is 0 Å². The normalized spacial score (nSPS) is 13.6. The van der Waals surface area contributed by atoms with Crippen molar-refractivity contribution in [2.75, 3.05) is 6.61 Å². The van der Waals surface area contributed by atoms with E-state index in [-0.39, 0.29) is 42.9 Å². The van der Waals surface area contributed by atoms with Crippen LogP contribution in [-0.4, -0.2) is 48.6 Å². The molecule has 3 N–H and O–H groups in total. The molecule has 0 aliphatic carbocycles. The molecule has 0 aliphatic rings. The van der Waals surface area contributed by atoms with Crippen LogP contribution in [0.25, 0.3) is 0 Å². The van der Waals surface area contributed by atoms with Gasteiger partial charge in [-0.05, 0) is 42.6 Å². The standard InChI is InChI=1S/C28H45N3O6/c1-18(2)13-23(17-36-21(7)32)29-26(33)24(14-19(3)4)30-27(34)25(15-20(5)6)31-28(35)37-16-22-11-9-8-10-12-22/h8-12,18-20,23-25H,13-17H2,1-7H3,(H,29,33)(H,30,34)(H,31,35)/t23-,24-,25-/m0/s1. The Morgan fingerprint density at radius 3 is 1.73 bits per heavy atom. The fourth-order valence-corrected chi connectivity index (χ4v) is 3.84. The minimum Gasteiger partial charge on any atom is -0.464 e. The van der Waals surface area contributed by atoms with Gasteiger partial charge in [-0.1, -0.05) is 71.9 Å². The second-order valence-electron chi connectivity index (χ2n) is 10.7. The molecular formula is C28H45N3O6. The Morgan fingerprint density at radius 1 is 0.703 bits per heavy atom. The lowest BCUT2D eigenvalue weighted by atomic mass is 9.99. The molecular weight excluding hydrogens is 474 g/mol. The Bertz CT molecular complexity index is 857. The highest BCUT2D eigenvalue weighted by Crippen LogP contribution is 2.11. The Balaban J connectivity index is 2.89. The minimum absolute atomic E-state index is 0.0619. The molecule has 208 valence electrons. The first-order valence-corrected chi connectivity index (χ1v) is 13.1. The van der Waals surface area contributed by atoms with Gasteiger partial charge in [-0.15, -0.1) is 0 Å². The van der Waals surface area contributed by atoms with Gasteiger partial charge in [-0.2, -0.15) is 0 Å². The van der Waals surface area contributed by atoms with Crippen LogP contribution in [0.4, 0.5) is 4.79 Å². The molecule has 0 saturated heterocycles. The molecule has 3 atom stereocenters. The molecule has 0 unspecified atom stereocenters. The topological polar surface area (TPSA) is 123 Å². The quantitative estimate of drug-likeness (QED) is 0.302. The second-order valence-corrected chi connectivity index (χ2v) is 10.7. The van der Waals surface area contributed by atoms with E-state index in [9.17, 15) is 19.2 Å². The van der Waals surface area contributed by atoms with Crippen LogP contribution in [0.5, 0.6) is 0 Å². The van der Waals surface area contributed by atoms with E-state index in [2.05, 4.69) is 16.0 Å². The van der Waals surface area contributed by atoms with Crippen LogP contribution >= 0.6 is 0 Å². The summed E-state index contributed by atoms with van der Waals surface area (Å²) in [4.78, 5) is 50.2. The number of esters is 1. The zero-order valence-corrected chi connectivity index (χ0v) is 23.3. The van der Waals surface area contributed by atoms with Gasteiger partial charge in [0.05, 0.1) is 6.04 Å². The number of hydrogen-bond acceptors (Lipinski definition) is 6. The SMILES string of the molecule is CC(=O)OC[C@H](CC(C)C)NC(=O)[C@H](CC(C)C)NC(=O)[C@H](CC(C)C)NC(=O)OCc1ccccc1. The maximum Gasteiger partial charge on any atom is 0.408 e. The highest BCUT2D eigenvalue weighted by atomic mass is 16.5. The molecule has 3 amide bonds. The van der Waals surface area contributed by atoms with Crippen LogP contribution in [0.15, 0.2) is 30.3 Å². The molecule has 9 nitrogen and oxygen atoms in total. The molecule has 0 aromatic heterocycles. The highest BCUT2D eigenvalue weighted by Gasteiger charge is 2.29. The van der Waals surface area contributed by atoms with Crippen molar-refractivity contribution in [1.29, 1.82) is 0 Å². The van der Waals surface area contributed by atoms with Crippen LogP contribution in [-0.2, 0) is 30.5 Å². The summed E-state index contributed by atoms with van der Waals surface area (Å²) < 4.78 is 10.4. The summed E-state index contributed by atoms with van der Waals surface area (Å²) in [6.45, 7) is 13.3. The molecule has 0 radical (unpaired) electrons. The fraction of sp³-hybridized carbons (Fsp3) is 0.643. The van der Waals surface area contributed by atoms with E-state index in [1.54, 1.807) is 0 Å². The number of benzene rings is 1. The van der Waals surface area contributed by atoms with Crippen molar-refractivity contribution in [3.8, 4) is 0 Å². The Kier molecular flexibility index (Phi) is 14.3. The number of carbonyl (C=O) groups is 4. The van der Waals surface area contributed by atoms with Gasteiger partial charge in [0.2, 0.25) is 11.8 Å². The summed E-state index contributed by atoms with van der Waals surface area (Å²) in [5.74, 6) is -0.721. The second kappa shape index (κ2) is 16.6. The largest absolute Gasteiger partial charge is 0.464 e. The van der Waals surface area contributed by atoms with Gasteiger partial charge in [-0.25, -0.2) is 4.79 Å². The van der Waals surface area contributed by atoms with Crippen molar-refractivity contribution in [2.45, 2.75) is 92.5 Å². The van der Waals surface area contributed by atoms with Crippen LogP contribution in [0.2, 0.25) is 0 Å². The van der Waals surface area contributed by atoms with Crippen LogP contribution in [0, 0.1) is 17.8 Å². The Hall–Kier alpha value is -3.10. The van der Waals surface area contributed by atoms with E-state index >= 15 is 0 Å². The zero-order chi connectivity index (χ0) is 28.0. The molecule has 0 saturated carbocycles. The predicted octanol–water partition coefficient (Wildman–Crippen LogP) is 3.95. The van der Waals surface area contributed by atoms with E-state index in [1.165, 1.54) is 6.92 Å². The molecule has 1 aromatic carbocycles. The van der Waals surface area contributed by atoms with Gasteiger partial charge in [0.25, 0.3) is 0 Å². The Labute approximate surface area is 221 Å². The van der Waals surface area contributed by atoms with Crippen LogP contribution < -0.4 is 16.0 Å². The van der Waals surface area contributed by atoms with E-state index in [4.69, 9.17) is 9.47 Å². The number of amides is 3. The number of rotatable bonds is 15. The molecule has 0 fully saturated rings. The average molecular weight is 520 g/mol. The fourth-order valence-electron chi connectivity index (χ4n) is 3.84. The van der Waals surface area contributed by atoms with Crippen molar-refractivity contribution < 1.29 is 28.7 Å². The van der Waals surface area contributed by atoms with Crippen molar-refractivity contribution >= 4 is 23.9 Å². The molecule has 0 spiro atoms. The molecule has 0 bridgehead atoms. The van der Waals surface area contributed by atoms with E-state index in [1.807, 2.05) is 71.9 Å². The summed E-state index contributed by atoms with van der Waals surface area (Å²) in [5.41, 5.74) is 0.834.